The Balaban J connectivity index is 1.30. The Morgan fingerprint density at radius 3 is 2.61 bits per heavy atom. The second-order valence-corrected chi connectivity index (χ2v) is 9.87. The van der Waals surface area contributed by atoms with Crippen LogP contribution in [-0.2, 0) is 4.79 Å². The molecule has 2 amide bonds. The number of hydrogen-bond acceptors (Lipinski definition) is 4. The topological polar surface area (TPSA) is 71.1 Å². The number of halogens is 1. The van der Waals surface area contributed by atoms with E-state index in [0.717, 1.165) is 31.4 Å². The average Bonchev–Trinajstić information content (AvgIpc) is 3.44. The summed E-state index contributed by atoms with van der Waals surface area (Å²) < 4.78 is 7.34. The molecular weight excluding hydrogens is 440 g/mol. The summed E-state index contributed by atoms with van der Waals surface area (Å²) >= 11 is 6.73. The van der Waals surface area contributed by atoms with Gasteiger partial charge < -0.3 is 14.2 Å². The molecule has 33 heavy (non-hydrogen) atoms. The number of piperazine rings is 1. The zero-order valence-corrected chi connectivity index (χ0v) is 19.3. The minimum Gasteiger partial charge on any atom is -0.463 e. The van der Waals surface area contributed by atoms with Crippen LogP contribution in [0.2, 0.25) is 5.02 Å². The fourth-order valence-corrected chi connectivity index (χ4v) is 5.57. The smallest absolute Gasteiger partial charge is 0.276 e. The molecule has 3 aromatic rings. The van der Waals surface area contributed by atoms with Crippen molar-refractivity contribution in [3.63, 3.8) is 0 Å². The quantitative estimate of drug-likeness (QED) is 0.556. The van der Waals surface area contributed by atoms with Crippen LogP contribution in [0.5, 0.6) is 0 Å². The van der Waals surface area contributed by atoms with Crippen LogP contribution in [0.15, 0.2) is 34.9 Å². The number of fused-ring (bicyclic) bond motifs is 1. The van der Waals surface area contributed by atoms with Crippen molar-refractivity contribution in [2.75, 3.05) is 19.6 Å². The third kappa shape index (κ3) is 3.72. The number of aromatic nitrogens is 2. The molecule has 7 nitrogen and oxygen atoms in total. The molecule has 0 N–H and O–H groups in total. The Morgan fingerprint density at radius 1 is 1.09 bits per heavy atom. The first-order chi connectivity index (χ1) is 16.1. The molecule has 0 bridgehead atoms. The molecule has 3 fully saturated rings. The molecular formula is C25H27ClN4O3. The minimum atomic E-state index is -0.293. The Bertz CT molecular complexity index is 1210. The number of pyridine rings is 1. The fraction of sp³-hybridized carbons (Fsp3) is 0.480. The van der Waals surface area contributed by atoms with Gasteiger partial charge in [-0.3, -0.25) is 9.59 Å². The normalized spacial score (nSPS) is 20.1. The van der Waals surface area contributed by atoms with E-state index in [1.54, 1.807) is 15.7 Å². The summed E-state index contributed by atoms with van der Waals surface area (Å²) in [7, 11) is 0. The highest BCUT2D eigenvalue weighted by Gasteiger charge is 2.35. The van der Waals surface area contributed by atoms with Gasteiger partial charge >= 0.3 is 0 Å². The highest BCUT2D eigenvalue weighted by molar-refractivity contribution is 6.37. The Hall–Kier alpha value is -2.80. The molecule has 0 unspecified atom stereocenters. The van der Waals surface area contributed by atoms with Crippen LogP contribution in [0, 0.1) is 0 Å². The van der Waals surface area contributed by atoms with Crippen LogP contribution in [0.25, 0.3) is 17.0 Å². The lowest BCUT2D eigenvalue weighted by molar-refractivity contribution is -0.138. The molecule has 1 saturated heterocycles. The van der Waals surface area contributed by atoms with Crippen LogP contribution in [-0.4, -0.2) is 56.9 Å². The third-order valence-corrected chi connectivity index (χ3v) is 7.65. The van der Waals surface area contributed by atoms with E-state index in [1.165, 1.54) is 24.8 Å². The minimum absolute atomic E-state index is 0.0219. The van der Waals surface area contributed by atoms with E-state index < -0.39 is 0 Å². The Kier molecular flexibility index (Phi) is 5.17. The van der Waals surface area contributed by atoms with E-state index in [0.29, 0.717) is 41.3 Å². The van der Waals surface area contributed by atoms with E-state index >= 15 is 0 Å². The summed E-state index contributed by atoms with van der Waals surface area (Å²) in [4.78, 5) is 29.9. The third-order valence-electron chi connectivity index (χ3n) is 7.28. The molecule has 3 aromatic heterocycles. The lowest BCUT2D eigenvalue weighted by Crippen LogP contribution is -2.55. The maximum atomic E-state index is 13.4. The van der Waals surface area contributed by atoms with E-state index in [2.05, 4.69) is 11.2 Å². The predicted molar refractivity (Wildman–Crippen MR) is 124 cm³/mol. The second-order valence-electron chi connectivity index (χ2n) is 9.49. The first-order valence-electron chi connectivity index (χ1n) is 11.9. The van der Waals surface area contributed by atoms with Crippen LogP contribution in [0.3, 0.4) is 0 Å². The van der Waals surface area contributed by atoms with Crippen molar-refractivity contribution in [1.29, 1.82) is 0 Å². The van der Waals surface area contributed by atoms with Gasteiger partial charge in [0.2, 0.25) is 5.91 Å². The molecule has 4 heterocycles. The second kappa shape index (κ2) is 8.20. The van der Waals surface area contributed by atoms with E-state index in [4.69, 9.17) is 16.0 Å². The summed E-state index contributed by atoms with van der Waals surface area (Å²) in [5.74, 6) is 0.920. The molecule has 0 radical (unpaired) electrons. The number of rotatable bonds is 4. The Morgan fingerprint density at radius 2 is 1.91 bits per heavy atom. The van der Waals surface area contributed by atoms with Crippen molar-refractivity contribution >= 4 is 28.9 Å². The number of furan rings is 1. The summed E-state index contributed by atoms with van der Waals surface area (Å²) in [5, 5.41) is 4.94. The largest absolute Gasteiger partial charge is 0.463 e. The SMILES string of the molecule is O=C(c1nn2c(-c3ccco3)cc(C3CC3)cc2c1Cl)N1CCN(C2CCCCC2)C(=O)C1. The van der Waals surface area contributed by atoms with Gasteiger partial charge in [0.15, 0.2) is 11.5 Å². The number of hydrogen-bond donors (Lipinski definition) is 0. The van der Waals surface area contributed by atoms with Crippen molar-refractivity contribution in [1.82, 2.24) is 19.4 Å². The zero-order valence-electron chi connectivity index (χ0n) is 18.5. The van der Waals surface area contributed by atoms with Gasteiger partial charge in [-0.05, 0) is 61.4 Å². The van der Waals surface area contributed by atoms with Gasteiger partial charge in [0, 0.05) is 19.1 Å². The molecule has 2 aliphatic carbocycles. The van der Waals surface area contributed by atoms with Gasteiger partial charge in [-0.2, -0.15) is 5.10 Å². The summed E-state index contributed by atoms with van der Waals surface area (Å²) in [6, 6.07) is 8.14. The number of nitrogens with zero attached hydrogens (tertiary/aromatic N) is 4. The molecule has 6 rings (SSSR count). The lowest BCUT2D eigenvalue weighted by Gasteiger charge is -2.40. The zero-order chi connectivity index (χ0) is 22.5. The highest BCUT2D eigenvalue weighted by atomic mass is 35.5. The summed E-state index contributed by atoms with van der Waals surface area (Å²) in [6.45, 7) is 1.16. The molecule has 8 heteroatoms. The van der Waals surface area contributed by atoms with Crippen molar-refractivity contribution < 1.29 is 14.0 Å². The van der Waals surface area contributed by atoms with Gasteiger partial charge in [0.1, 0.15) is 12.2 Å². The van der Waals surface area contributed by atoms with E-state index in [1.807, 2.05) is 23.1 Å². The summed E-state index contributed by atoms with van der Waals surface area (Å²) in [6.07, 6.45) is 9.66. The number of carbonyl (C=O) groups is 2. The van der Waals surface area contributed by atoms with Crippen LogP contribution in [0.4, 0.5) is 0 Å². The molecule has 0 spiro atoms. The maximum Gasteiger partial charge on any atom is 0.276 e. The monoisotopic (exact) mass is 466 g/mol. The predicted octanol–water partition coefficient (Wildman–Crippen LogP) is 4.74. The van der Waals surface area contributed by atoms with Crippen LogP contribution in [0.1, 0.15) is 66.9 Å². The highest BCUT2D eigenvalue weighted by Crippen LogP contribution is 2.43. The van der Waals surface area contributed by atoms with Gasteiger partial charge in [-0.1, -0.05) is 30.9 Å². The molecule has 0 aromatic carbocycles. The van der Waals surface area contributed by atoms with Gasteiger partial charge in [0.05, 0.1) is 16.8 Å². The van der Waals surface area contributed by atoms with Crippen LogP contribution >= 0.6 is 11.6 Å². The lowest BCUT2D eigenvalue weighted by atomic mass is 9.93. The fourth-order valence-electron chi connectivity index (χ4n) is 5.32. The Labute approximate surface area is 197 Å². The van der Waals surface area contributed by atoms with Crippen molar-refractivity contribution in [2.24, 2.45) is 0 Å². The number of amides is 2. The van der Waals surface area contributed by atoms with Gasteiger partial charge in [-0.25, -0.2) is 4.52 Å². The first-order valence-corrected chi connectivity index (χ1v) is 12.3. The van der Waals surface area contributed by atoms with Crippen molar-refractivity contribution in [2.45, 2.75) is 56.9 Å². The van der Waals surface area contributed by atoms with E-state index in [9.17, 15) is 9.59 Å². The first kappa shape index (κ1) is 20.8. The van der Waals surface area contributed by atoms with Gasteiger partial charge in [-0.15, -0.1) is 0 Å². The molecule has 0 atom stereocenters. The standard InChI is InChI=1S/C25H27ClN4O3/c26-23-20-14-17(16-8-9-16)13-19(21-7-4-12-33-21)30(20)27-24(23)25(32)28-10-11-29(22(31)15-28)18-5-2-1-3-6-18/h4,7,12-14,16,18H,1-3,5-6,8-11,15H2. The molecule has 2 saturated carbocycles. The number of carbonyl (C=O) groups excluding carboxylic acids is 2. The maximum absolute atomic E-state index is 13.4. The van der Waals surface area contributed by atoms with Gasteiger partial charge in [0.25, 0.3) is 5.91 Å². The molecule has 172 valence electrons. The van der Waals surface area contributed by atoms with E-state index in [-0.39, 0.29) is 24.1 Å². The summed E-state index contributed by atoms with van der Waals surface area (Å²) in [5.41, 5.74) is 2.85. The molecule has 1 aliphatic heterocycles. The van der Waals surface area contributed by atoms with Crippen LogP contribution < -0.4 is 0 Å². The molecule has 3 aliphatic rings. The van der Waals surface area contributed by atoms with Crippen molar-refractivity contribution in [3.05, 3.63) is 46.8 Å². The van der Waals surface area contributed by atoms with Crippen molar-refractivity contribution in [3.8, 4) is 11.5 Å². The average molecular weight is 467 g/mol.